The lowest BCUT2D eigenvalue weighted by atomic mass is 10.1. The minimum Gasteiger partial charge on any atom is -0.452 e. The second-order valence-corrected chi connectivity index (χ2v) is 7.03. The molecule has 1 aromatic carbocycles. The molecule has 0 spiro atoms. The van der Waals surface area contributed by atoms with E-state index < -0.39 is 18.0 Å². The van der Waals surface area contributed by atoms with E-state index in [1.54, 1.807) is 35.7 Å². The Morgan fingerprint density at radius 2 is 2.03 bits per heavy atom. The zero-order chi connectivity index (χ0) is 21.4. The SMILES string of the molecule is Cc1nc2ncnn2c(C)c1CC(=O)O[C@@H](C)C(=O)N1CC(=O)Nc2ccccc21. The van der Waals surface area contributed by atoms with Crippen LogP contribution in [-0.2, 0) is 25.5 Å². The molecule has 0 aliphatic carbocycles. The van der Waals surface area contributed by atoms with Gasteiger partial charge in [-0.05, 0) is 32.9 Å². The van der Waals surface area contributed by atoms with Gasteiger partial charge in [0.05, 0.1) is 17.8 Å². The van der Waals surface area contributed by atoms with Crippen LogP contribution < -0.4 is 10.2 Å². The van der Waals surface area contributed by atoms with E-state index in [4.69, 9.17) is 4.74 Å². The van der Waals surface area contributed by atoms with Crippen molar-refractivity contribution >= 4 is 34.9 Å². The molecule has 3 aromatic rings. The van der Waals surface area contributed by atoms with Gasteiger partial charge in [0.25, 0.3) is 11.7 Å². The second-order valence-electron chi connectivity index (χ2n) is 7.03. The number of fused-ring (bicyclic) bond motifs is 2. The number of aromatic nitrogens is 4. The molecular formula is C20H20N6O4. The van der Waals surface area contributed by atoms with Crippen LogP contribution in [0.4, 0.5) is 11.4 Å². The molecule has 2 amide bonds. The average Bonchev–Trinajstić information content (AvgIpc) is 3.18. The molecule has 10 nitrogen and oxygen atoms in total. The van der Waals surface area contributed by atoms with Crippen molar-refractivity contribution < 1.29 is 19.1 Å². The summed E-state index contributed by atoms with van der Waals surface area (Å²) in [6, 6.07) is 6.97. The van der Waals surface area contributed by atoms with Gasteiger partial charge in [-0.3, -0.25) is 19.3 Å². The first kappa shape index (κ1) is 19.5. The van der Waals surface area contributed by atoms with Crippen molar-refractivity contribution in [2.75, 3.05) is 16.8 Å². The van der Waals surface area contributed by atoms with Gasteiger partial charge in [-0.1, -0.05) is 12.1 Å². The van der Waals surface area contributed by atoms with E-state index in [0.717, 1.165) is 5.69 Å². The largest absolute Gasteiger partial charge is 0.452 e. The summed E-state index contributed by atoms with van der Waals surface area (Å²) < 4.78 is 6.94. The lowest BCUT2D eigenvalue weighted by Crippen LogP contribution is -2.47. The van der Waals surface area contributed by atoms with Crippen LogP contribution in [0, 0.1) is 13.8 Å². The smallest absolute Gasteiger partial charge is 0.311 e. The molecule has 154 valence electrons. The Labute approximate surface area is 171 Å². The van der Waals surface area contributed by atoms with Gasteiger partial charge in [-0.25, -0.2) is 9.50 Å². The number of benzene rings is 1. The first-order chi connectivity index (χ1) is 14.3. The van der Waals surface area contributed by atoms with Gasteiger partial charge in [0.15, 0.2) is 6.10 Å². The van der Waals surface area contributed by atoms with Crippen molar-refractivity contribution in [3.8, 4) is 0 Å². The Balaban J connectivity index is 1.49. The van der Waals surface area contributed by atoms with Crippen LogP contribution in [0.3, 0.4) is 0 Å². The Kier molecular flexibility index (Phi) is 4.90. The van der Waals surface area contributed by atoms with Crippen molar-refractivity contribution in [1.82, 2.24) is 19.6 Å². The molecule has 1 atom stereocenters. The predicted octanol–water partition coefficient (Wildman–Crippen LogP) is 1.20. The van der Waals surface area contributed by atoms with Crippen LogP contribution in [0.1, 0.15) is 23.9 Å². The van der Waals surface area contributed by atoms with Gasteiger partial charge in [-0.15, -0.1) is 0 Å². The molecule has 0 saturated heterocycles. The highest BCUT2D eigenvalue weighted by Gasteiger charge is 2.31. The number of aryl methyl sites for hydroxylation is 2. The summed E-state index contributed by atoms with van der Waals surface area (Å²) in [7, 11) is 0. The number of esters is 1. The zero-order valence-corrected chi connectivity index (χ0v) is 16.7. The average molecular weight is 408 g/mol. The van der Waals surface area contributed by atoms with Gasteiger partial charge in [-0.2, -0.15) is 10.1 Å². The molecule has 1 aliphatic heterocycles. The summed E-state index contributed by atoms with van der Waals surface area (Å²) in [6.07, 6.45) is 0.277. The van der Waals surface area contributed by atoms with Crippen LogP contribution in [0.15, 0.2) is 30.6 Å². The number of hydrogen-bond acceptors (Lipinski definition) is 7. The highest BCUT2D eigenvalue weighted by Crippen LogP contribution is 2.29. The summed E-state index contributed by atoms with van der Waals surface area (Å²) in [5.41, 5.74) is 3.15. The lowest BCUT2D eigenvalue weighted by molar-refractivity contribution is -0.153. The monoisotopic (exact) mass is 408 g/mol. The lowest BCUT2D eigenvalue weighted by Gasteiger charge is -2.30. The van der Waals surface area contributed by atoms with Crippen LogP contribution in [0.25, 0.3) is 5.78 Å². The van der Waals surface area contributed by atoms with Crippen molar-refractivity contribution in [2.45, 2.75) is 33.3 Å². The molecule has 0 unspecified atom stereocenters. The van der Waals surface area contributed by atoms with Gasteiger partial charge in [0.2, 0.25) is 5.91 Å². The zero-order valence-electron chi connectivity index (χ0n) is 16.7. The topological polar surface area (TPSA) is 119 Å². The van der Waals surface area contributed by atoms with E-state index >= 15 is 0 Å². The number of anilines is 2. The van der Waals surface area contributed by atoms with E-state index in [2.05, 4.69) is 20.4 Å². The molecule has 0 fully saturated rings. The third-order valence-electron chi connectivity index (χ3n) is 5.00. The minimum absolute atomic E-state index is 0.0604. The molecule has 1 aliphatic rings. The van der Waals surface area contributed by atoms with Gasteiger partial charge in [0.1, 0.15) is 12.9 Å². The minimum atomic E-state index is -1.06. The standard InChI is InChI=1S/C20H20N6O4/c1-11-14(12(2)26-20(23-11)21-10-22-26)8-18(28)30-13(3)19(29)25-9-17(27)24-15-6-4-5-7-16(15)25/h4-7,10,13H,8-9H2,1-3H3,(H,24,27)/t13-/m0/s1. The van der Waals surface area contributed by atoms with Gasteiger partial charge in [0, 0.05) is 17.0 Å². The molecule has 3 heterocycles. The van der Waals surface area contributed by atoms with Crippen LogP contribution in [0.5, 0.6) is 0 Å². The van der Waals surface area contributed by atoms with Crippen molar-refractivity contribution in [3.63, 3.8) is 0 Å². The van der Waals surface area contributed by atoms with Crippen molar-refractivity contribution in [1.29, 1.82) is 0 Å². The number of rotatable bonds is 4. The Morgan fingerprint density at radius 3 is 2.83 bits per heavy atom. The number of nitrogens with one attached hydrogen (secondary N) is 1. The highest BCUT2D eigenvalue weighted by atomic mass is 16.5. The molecule has 0 radical (unpaired) electrons. The second kappa shape index (κ2) is 7.54. The normalized spacial score (nSPS) is 14.2. The molecule has 4 rings (SSSR count). The number of carbonyl (C=O) groups excluding carboxylic acids is 3. The van der Waals surface area contributed by atoms with Crippen LogP contribution in [0.2, 0.25) is 0 Å². The summed E-state index contributed by atoms with van der Waals surface area (Å²) in [4.78, 5) is 47.1. The maximum absolute atomic E-state index is 12.9. The van der Waals surface area contributed by atoms with E-state index in [9.17, 15) is 14.4 Å². The fraction of sp³-hybridized carbons (Fsp3) is 0.300. The summed E-state index contributed by atoms with van der Waals surface area (Å²) in [6.45, 7) is 4.95. The number of carbonyl (C=O) groups is 3. The number of hydrogen-bond donors (Lipinski definition) is 1. The van der Waals surface area contributed by atoms with Crippen LogP contribution >= 0.6 is 0 Å². The van der Waals surface area contributed by atoms with Gasteiger partial charge < -0.3 is 10.1 Å². The number of nitrogens with zero attached hydrogens (tertiary/aromatic N) is 5. The Bertz CT molecular complexity index is 1170. The van der Waals surface area contributed by atoms with Crippen molar-refractivity contribution in [3.05, 3.63) is 47.5 Å². The molecule has 30 heavy (non-hydrogen) atoms. The number of ether oxygens (including phenoxy) is 1. The van der Waals surface area contributed by atoms with E-state index in [1.807, 2.05) is 6.92 Å². The summed E-state index contributed by atoms with van der Waals surface area (Å²) >= 11 is 0. The molecule has 10 heteroatoms. The predicted molar refractivity (Wildman–Crippen MR) is 107 cm³/mol. The quantitative estimate of drug-likeness (QED) is 0.644. The number of amides is 2. The first-order valence-corrected chi connectivity index (χ1v) is 9.40. The van der Waals surface area contributed by atoms with E-state index in [0.29, 0.717) is 28.4 Å². The first-order valence-electron chi connectivity index (χ1n) is 9.40. The van der Waals surface area contributed by atoms with Gasteiger partial charge >= 0.3 is 5.97 Å². The van der Waals surface area contributed by atoms with E-state index in [1.165, 1.54) is 18.2 Å². The molecule has 0 saturated carbocycles. The number of para-hydroxylation sites is 2. The summed E-state index contributed by atoms with van der Waals surface area (Å²) in [5.74, 6) is -0.895. The molecule has 2 aromatic heterocycles. The van der Waals surface area contributed by atoms with Crippen LogP contribution in [-0.4, -0.2) is 50.0 Å². The third kappa shape index (κ3) is 3.47. The Morgan fingerprint density at radius 1 is 1.27 bits per heavy atom. The fourth-order valence-corrected chi connectivity index (χ4v) is 3.49. The van der Waals surface area contributed by atoms with Crippen molar-refractivity contribution in [2.24, 2.45) is 0 Å². The molecule has 0 bridgehead atoms. The van der Waals surface area contributed by atoms with E-state index in [-0.39, 0.29) is 18.9 Å². The molecular weight excluding hydrogens is 388 g/mol. The summed E-state index contributed by atoms with van der Waals surface area (Å²) in [5, 5.41) is 6.82. The highest BCUT2D eigenvalue weighted by molar-refractivity contribution is 6.11. The molecule has 1 N–H and O–H groups in total. The maximum Gasteiger partial charge on any atom is 0.311 e. The third-order valence-corrected chi connectivity index (χ3v) is 5.00. The maximum atomic E-state index is 12.9. The Hall–Kier alpha value is -3.82. The fourth-order valence-electron chi connectivity index (χ4n) is 3.49.